The minimum absolute atomic E-state index is 0.0754. The Hall–Kier alpha value is -3.26. The van der Waals surface area contributed by atoms with Crippen LogP contribution in [0.3, 0.4) is 0 Å². The Morgan fingerprint density at radius 3 is 2.61 bits per heavy atom. The number of methoxy groups -OCH3 is 2. The lowest BCUT2D eigenvalue weighted by Gasteiger charge is -2.17. The number of hydrogen-bond donors (Lipinski definition) is 1. The van der Waals surface area contributed by atoms with Crippen molar-refractivity contribution in [3.63, 3.8) is 0 Å². The third-order valence-electron chi connectivity index (χ3n) is 5.45. The maximum Gasteiger partial charge on any atom is 0.311 e. The van der Waals surface area contributed by atoms with E-state index in [1.54, 1.807) is 37.3 Å². The molecular formula is C24H27ClN2O6. The van der Waals surface area contributed by atoms with Crippen molar-refractivity contribution >= 4 is 29.4 Å². The van der Waals surface area contributed by atoms with Gasteiger partial charge in [-0.1, -0.05) is 35.9 Å². The Morgan fingerprint density at radius 2 is 1.88 bits per heavy atom. The minimum Gasteiger partial charge on any atom is -0.493 e. The molecule has 0 unspecified atom stereocenters. The highest BCUT2D eigenvalue weighted by Gasteiger charge is 2.35. The summed E-state index contributed by atoms with van der Waals surface area (Å²) in [6.07, 6.45) is 0.685. The first-order valence-corrected chi connectivity index (χ1v) is 10.9. The Kier molecular flexibility index (Phi) is 8.54. The molecule has 1 heterocycles. The summed E-state index contributed by atoms with van der Waals surface area (Å²) in [5, 5.41) is 3.21. The Labute approximate surface area is 197 Å². The summed E-state index contributed by atoms with van der Waals surface area (Å²) in [6.45, 7) is 0.574. The molecule has 2 aromatic carbocycles. The lowest BCUT2D eigenvalue weighted by Crippen LogP contribution is -2.31. The molecule has 1 fully saturated rings. The number of halogens is 1. The van der Waals surface area contributed by atoms with E-state index in [1.807, 2.05) is 24.3 Å². The van der Waals surface area contributed by atoms with Crippen LogP contribution in [0.2, 0.25) is 5.02 Å². The zero-order valence-electron chi connectivity index (χ0n) is 18.6. The number of carbonyl (C=O) groups excluding carboxylic acids is 3. The third-order valence-corrected chi connectivity index (χ3v) is 5.81. The van der Waals surface area contributed by atoms with Crippen LogP contribution in [0.4, 0.5) is 0 Å². The Morgan fingerprint density at radius 1 is 1.12 bits per heavy atom. The van der Waals surface area contributed by atoms with Gasteiger partial charge in [-0.25, -0.2) is 0 Å². The number of carbonyl (C=O) groups is 3. The zero-order valence-corrected chi connectivity index (χ0v) is 19.4. The van der Waals surface area contributed by atoms with E-state index in [2.05, 4.69) is 5.32 Å². The second-order valence-electron chi connectivity index (χ2n) is 7.66. The molecule has 0 aliphatic carbocycles. The quantitative estimate of drug-likeness (QED) is 0.532. The summed E-state index contributed by atoms with van der Waals surface area (Å²) < 4.78 is 15.7. The van der Waals surface area contributed by atoms with Gasteiger partial charge in [0.1, 0.15) is 0 Å². The van der Waals surface area contributed by atoms with Crippen molar-refractivity contribution in [2.24, 2.45) is 5.92 Å². The topological polar surface area (TPSA) is 94.2 Å². The van der Waals surface area contributed by atoms with Crippen LogP contribution < -0.4 is 14.8 Å². The van der Waals surface area contributed by atoms with Gasteiger partial charge in [0.25, 0.3) is 5.91 Å². The molecule has 0 aromatic heterocycles. The van der Waals surface area contributed by atoms with Crippen molar-refractivity contribution in [1.29, 1.82) is 0 Å². The summed E-state index contributed by atoms with van der Waals surface area (Å²) in [4.78, 5) is 38.4. The van der Waals surface area contributed by atoms with Crippen LogP contribution in [0.5, 0.6) is 11.5 Å². The fraction of sp³-hybridized carbons (Fsp3) is 0.375. The van der Waals surface area contributed by atoms with E-state index >= 15 is 0 Å². The van der Waals surface area contributed by atoms with Gasteiger partial charge in [-0.05, 0) is 35.7 Å². The number of amides is 2. The van der Waals surface area contributed by atoms with Gasteiger partial charge < -0.3 is 24.4 Å². The lowest BCUT2D eigenvalue weighted by molar-refractivity contribution is -0.152. The molecule has 1 N–H and O–H groups in total. The number of rotatable bonds is 10. The van der Waals surface area contributed by atoms with Gasteiger partial charge in [0, 0.05) is 31.1 Å². The molecule has 9 heteroatoms. The van der Waals surface area contributed by atoms with Crippen LogP contribution >= 0.6 is 11.6 Å². The van der Waals surface area contributed by atoms with Crippen molar-refractivity contribution in [3.05, 3.63) is 58.6 Å². The number of esters is 1. The molecule has 3 rings (SSSR count). The average Bonchev–Trinajstić information content (AvgIpc) is 3.20. The SMILES string of the molecule is COc1ccc(CCN2C[C@H](C(=O)OCC(=O)NCc3ccccc3Cl)CC2=O)cc1OC. The molecular weight excluding hydrogens is 448 g/mol. The standard InChI is InChI=1S/C24H27ClN2O6/c1-31-20-8-7-16(11-21(20)32-2)9-10-27-14-18(12-23(27)29)24(30)33-15-22(28)26-13-17-5-3-4-6-19(17)25/h3-8,11,18H,9-10,12-15H2,1-2H3,(H,26,28)/t18-/m1/s1. The summed E-state index contributed by atoms with van der Waals surface area (Å²) >= 11 is 6.06. The maximum atomic E-state index is 12.4. The maximum absolute atomic E-state index is 12.4. The molecule has 0 saturated carbocycles. The van der Waals surface area contributed by atoms with Gasteiger partial charge in [0.15, 0.2) is 18.1 Å². The molecule has 33 heavy (non-hydrogen) atoms. The lowest BCUT2D eigenvalue weighted by atomic mass is 10.1. The largest absolute Gasteiger partial charge is 0.493 e. The van der Waals surface area contributed by atoms with Crippen molar-refractivity contribution in [2.45, 2.75) is 19.4 Å². The van der Waals surface area contributed by atoms with Crippen LogP contribution in [0.1, 0.15) is 17.5 Å². The van der Waals surface area contributed by atoms with E-state index in [0.29, 0.717) is 29.5 Å². The Balaban J connectivity index is 1.43. The second-order valence-corrected chi connectivity index (χ2v) is 8.06. The van der Waals surface area contributed by atoms with Crippen LogP contribution in [0.15, 0.2) is 42.5 Å². The smallest absolute Gasteiger partial charge is 0.311 e. The summed E-state index contributed by atoms with van der Waals surface area (Å²) in [6, 6.07) is 12.8. The predicted molar refractivity (Wildman–Crippen MR) is 122 cm³/mol. The van der Waals surface area contributed by atoms with E-state index in [9.17, 15) is 14.4 Å². The molecule has 176 valence electrons. The van der Waals surface area contributed by atoms with Crippen molar-refractivity contribution in [2.75, 3.05) is 33.9 Å². The fourth-order valence-electron chi connectivity index (χ4n) is 3.59. The van der Waals surface area contributed by atoms with Gasteiger partial charge >= 0.3 is 5.97 Å². The van der Waals surface area contributed by atoms with Gasteiger partial charge in [-0.3, -0.25) is 14.4 Å². The molecule has 8 nitrogen and oxygen atoms in total. The molecule has 1 atom stereocenters. The van der Waals surface area contributed by atoms with Gasteiger partial charge in [-0.15, -0.1) is 0 Å². The predicted octanol–water partition coefficient (Wildman–Crippen LogP) is 2.61. The Bertz CT molecular complexity index is 1010. The molecule has 1 aliphatic rings. The molecule has 2 aromatic rings. The highest BCUT2D eigenvalue weighted by atomic mass is 35.5. The minimum atomic E-state index is -0.584. The number of likely N-dealkylation sites (tertiary alicyclic amines) is 1. The number of benzene rings is 2. The van der Waals surface area contributed by atoms with E-state index < -0.39 is 24.4 Å². The molecule has 0 bridgehead atoms. The van der Waals surface area contributed by atoms with Crippen molar-refractivity contribution < 1.29 is 28.6 Å². The summed E-state index contributed by atoms with van der Waals surface area (Å²) in [7, 11) is 3.14. The van der Waals surface area contributed by atoms with Crippen LogP contribution in [0, 0.1) is 5.92 Å². The van der Waals surface area contributed by atoms with Crippen molar-refractivity contribution in [1.82, 2.24) is 10.2 Å². The number of ether oxygens (including phenoxy) is 3. The van der Waals surface area contributed by atoms with E-state index in [1.165, 1.54) is 0 Å². The first-order valence-electron chi connectivity index (χ1n) is 10.6. The van der Waals surface area contributed by atoms with Crippen LogP contribution in [-0.2, 0) is 32.1 Å². The molecule has 1 aliphatic heterocycles. The van der Waals surface area contributed by atoms with E-state index in [4.69, 9.17) is 25.8 Å². The van der Waals surface area contributed by atoms with Gasteiger partial charge in [-0.2, -0.15) is 0 Å². The highest BCUT2D eigenvalue weighted by Crippen LogP contribution is 2.28. The number of nitrogens with zero attached hydrogens (tertiary/aromatic N) is 1. The monoisotopic (exact) mass is 474 g/mol. The van der Waals surface area contributed by atoms with E-state index in [0.717, 1.165) is 11.1 Å². The number of nitrogens with one attached hydrogen (secondary N) is 1. The van der Waals surface area contributed by atoms with Gasteiger partial charge in [0.2, 0.25) is 5.91 Å². The van der Waals surface area contributed by atoms with Crippen LogP contribution in [-0.4, -0.2) is 56.6 Å². The van der Waals surface area contributed by atoms with Crippen molar-refractivity contribution in [3.8, 4) is 11.5 Å². The highest BCUT2D eigenvalue weighted by molar-refractivity contribution is 6.31. The third kappa shape index (κ3) is 6.61. The first kappa shape index (κ1) is 24.4. The fourth-order valence-corrected chi connectivity index (χ4v) is 3.79. The van der Waals surface area contributed by atoms with Crippen LogP contribution in [0.25, 0.3) is 0 Å². The normalized spacial score (nSPS) is 15.3. The molecule has 0 radical (unpaired) electrons. The average molecular weight is 475 g/mol. The summed E-state index contributed by atoms with van der Waals surface area (Å²) in [5.41, 5.74) is 1.76. The van der Waals surface area contributed by atoms with E-state index in [-0.39, 0.29) is 25.4 Å². The first-order chi connectivity index (χ1) is 15.9. The molecule has 2 amide bonds. The number of hydrogen-bond acceptors (Lipinski definition) is 6. The van der Waals surface area contributed by atoms with Gasteiger partial charge in [0.05, 0.1) is 20.1 Å². The molecule has 0 spiro atoms. The summed E-state index contributed by atoms with van der Waals surface area (Å²) in [5.74, 6) is -0.420. The zero-order chi connectivity index (χ0) is 23.8. The second kappa shape index (κ2) is 11.6. The molecule has 1 saturated heterocycles.